The largest absolute Gasteiger partial charge is 0.496 e. The molecule has 2 rings (SSSR count). The maximum atomic E-state index is 5.29. The molecule has 0 radical (unpaired) electrons. The fourth-order valence-corrected chi connectivity index (χ4v) is 1.85. The predicted molar refractivity (Wildman–Crippen MR) is 94.9 cm³/mol. The van der Waals surface area contributed by atoms with E-state index in [1.54, 1.807) is 13.3 Å². The molecule has 0 spiro atoms. The number of rotatable bonds is 6. The van der Waals surface area contributed by atoms with E-state index in [2.05, 4.69) is 20.5 Å². The summed E-state index contributed by atoms with van der Waals surface area (Å²) in [6, 6.07) is 9.51. The molecule has 7 nitrogen and oxygen atoms in total. The van der Waals surface area contributed by atoms with Crippen LogP contribution in [0.15, 0.2) is 35.4 Å². The Labute approximate surface area is 136 Å². The number of nitrogens with one attached hydrogen (secondary N) is 1. The van der Waals surface area contributed by atoms with E-state index in [1.165, 1.54) is 0 Å². The summed E-state index contributed by atoms with van der Waals surface area (Å²) in [5.74, 6) is 2.81. The summed E-state index contributed by atoms with van der Waals surface area (Å²) in [5.41, 5.74) is 3.83. The summed E-state index contributed by atoms with van der Waals surface area (Å²) in [7, 11) is 9.30. The van der Waals surface area contributed by atoms with Crippen LogP contribution in [0.25, 0.3) is 0 Å². The highest BCUT2D eigenvalue weighted by Crippen LogP contribution is 2.18. The Kier molecular flexibility index (Phi) is 5.35. The van der Waals surface area contributed by atoms with Gasteiger partial charge in [0.1, 0.15) is 11.6 Å². The van der Waals surface area contributed by atoms with Crippen molar-refractivity contribution in [3.63, 3.8) is 0 Å². The lowest BCUT2D eigenvalue weighted by molar-refractivity contribution is 0.414. The Morgan fingerprint density at radius 2 is 1.83 bits per heavy atom. The number of benzene rings is 1. The minimum Gasteiger partial charge on any atom is -0.496 e. The Hall–Kier alpha value is -2.83. The first-order valence-corrected chi connectivity index (χ1v) is 7.17. The minimum atomic E-state index is 0.617. The lowest BCUT2D eigenvalue weighted by Crippen LogP contribution is -2.17. The van der Waals surface area contributed by atoms with E-state index in [1.807, 2.05) is 68.3 Å². The highest BCUT2D eigenvalue weighted by molar-refractivity contribution is 5.83. The van der Waals surface area contributed by atoms with Gasteiger partial charge in [-0.05, 0) is 12.1 Å². The Balaban J connectivity index is 2.21. The second kappa shape index (κ2) is 7.44. The third kappa shape index (κ3) is 4.32. The number of hydrazone groups is 1. The minimum absolute atomic E-state index is 0.617. The summed E-state index contributed by atoms with van der Waals surface area (Å²) < 4.78 is 5.29. The number of para-hydroxylation sites is 1. The summed E-state index contributed by atoms with van der Waals surface area (Å²) in [4.78, 5) is 12.6. The van der Waals surface area contributed by atoms with Gasteiger partial charge in [-0.25, -0.2) is 0 Å². The van der Waals surface area contributed by atoms with E-state index in [0.29, 0.717) is 11.8 Å². The van der Waals surface area contributed by atoms with Gasteiger partial charge in [-0.15, -0.1) is 0 Å². The monoisotopic (exact) mass is 314 g/mol. The van der Waals surface area contributed by atoms with E-state index in [0.717, 1.165) is 17.1 Å². The standard InChI is InChI=1S/C16H22N6O/c1-21(2)15-10-14(18-16(19-15)22(3)4)20-17-11-12-8-6-7-9-13(12)23-5/h6-11H,1-5H3,(H,18,19,20)/b17-11+. The van der Waals surface area contributed by atoms with Gasteiger partial charge in [-0.3, -0.25) is 5.43 Å². The molecule has 0 fully saturated rings. The zero-order valence-corrected chi connectivity index (χ0v) is 14.1. The van der Waals surface area contributed by atoms with Gasteiger partial charge in [-0.1, -0.05) is 12.1 Å². The van der Waals surface area contributed by atoms with E-state index in [-0.39, 0.29) is 0 Å². The first-order valence-electron chi connectivity index (χ1n) is 7.17. The third-order valence-corrected chi connectivity index (χ3v) is 3.08. The lowest BCUT2D eigenvalue weighted by Gasteiger charge is -2.17. The zero-order valence-electron chi connectivity index (χ0n) is 14.1. The molecule has 1 aromatic carbocycles. The molecule has 0 aliphatic heterocycles. The molecule has 0 bridgehead atoms. The number of hydrogen-bond donors (Lipinski definition) is 1. The Morgan fingerprint density at radius 3 is 2.48 bits per heavy atom. The van der Waals surface area contributed by atoms with Gasteiger partial charge in [0, 0.05) is 39.8 Å². The molecule has 0 atom stereocenters. The molecule has 0 amide bonds. The molecular weight excluding hydrogens is 292 g/mol. The van der Waals surface area contributed by atoms with Crippen molar-refractivity contribution in [3.05, 3.63) is 35.9 Å². The molecular formula is C16H22N6O. The molecule has 23 heavy (non-hydrogen) atoms. The van der Waals surface area contributed by atoms with Crippen LogP contribution in [0.4, 0.5) is 17.6 Å². The SMILES string of the molecule is COc1ccccc1/C=N/Nc1cc(N(C)C)nc(N(C)C)n1. The van der Waals surface area contributed by atoms with Crippen LogP contribution in [-0.4, -0.2) is 51.5 Å². The summed E-state index contributed by atoms with van der Waals surface area (Å²) in [5, 5.41) is 4.24. The van der Waals surface area contributed by atoms with Crippen LogP contribution in [-0.2, 0) is 0 Å². The first kappa shape index (κ1) is 16.5. The van der Waals surface area contributed by atoms with Crippen LogP contribution >= 0.6 is 0 Å². The van der Waals surface area contributed by atoms with Crippen molar-refractivity contribution < 1.29 is 4.74 Å². The molecule has 122 valence electrons. The normalized spacial score (nSPS) is 10.7. The van der Waals surface area contributed by atoms with Crippen molar-refractivity contribution in [3.8, 4) is 5.75 Å². The van der Waals surface area contributed by atoms with Crippen molar-refractivity contribution >= 4 is 23.8 Å². The first-order chi connectivity index (χ1) is 11.0. The van der Waals surface area contributed by atoms with Crippen molar-refractivity contribution in [2.45, 2.75) is 0 Å². The molecule has 2 aromatic rings. The van der Waals surface area contributed by atoms with Crippen molar-refractivity contribution in [2.75, 3.05) is 50.5 Å². The van der Waals surface area contributed by atoms with Gasteiger partial charge in [0.2, 0.25) is 5.95 Å². The number of aromatic nitrogens is 2. The molecule has 0 aliphatic rings. The van der Waals surface area contributed by atoms with Gasteiger partial charge in [-0.2, -0.15) is 15.1 Å². The average Bonchev–Trinajstić information content (AvgIpc) is 2.55. The maximum absolute atomic E-state index is 5.29. The van der Waals surface area contributed by atoms with Gasteiger partial charge in [0.05, 0.1) is 13.3 Å². The van der Waals surface area contributed by atoms with Gasteiger partial charge in [0.15, 0.2) is 5.82 Å². The second-order valence-electron chi connectivity index (χ2n) is 5.31. The highest BCUT2D eigenvalue weighted by atomic mass is 16.5. The fraction of sp³-hybridized carbons (Fsp3) is 0.312. The molecule has 0 aliphatic carbocycles. The molecule has 0 saturated heterocycles. The topological polar surface area (TPSA) is 65.9 Å². The van der Waals surface area contributed by atoms with Gasteiger partial charge < -0.3 is 14.5 Å². The van der Waals surface area contributed by atoms with Gasteiger partial charge >= 0.3 is 0 Å². The average molecular weight is 314 g/mol. The third-order valence-electron chi connectivity index (χ3n) is 3.08. The quantitative estimate of drug-likeness (QED) is 0.650. The van der Waals surface area contributed by atoms with Crippen molar-refractivity contribution in [1.29, 1.82) is 0 Å². The number of ether oxygens (including phenoxy) is 1. The molecule has 1 heterocycles. The molecule has 0 saturated carbocycles. The van der Waals surface area contributed by atoms with E-state index >= 15 is 0 Å². The summed E-state index contributed by atoms with van der Waals surface area (Å²) in [6.45, 7) is 0. The number of methoxy groups -OCH3 is 1. The smallest absolute Gasteiger partial charge is 0.228 e. The summed E-state index contributed by atoms with van der Waals surface area (Å²) in [6.07, 6.45) is 1.70. The molecule has 1 aromatic heterocycles. The van der Waals surface area contributed by atoms with E-state index in [9.17, 15) is 0 Å². The van der Waals surface area contributed by atoms with Crippen molar-refractivity contribution in [2.24, 2.45) is 5.10 Å². The lowest BCUT2D eigenvalue weighted by atomic mass is 10.2. The second-order valence-corrected chi connectivity index (χ2v) is 5.31. The highest BCUT2D eigenvalue weighted by Gasteiger charge is 2.07. The Morgan fingerprint density at radius 1 is 1.09 bits per heavy atom. The number of anilines is 3. The van der Waals surface area contributed by atoms with Crippen LogP contribution < -0.4 is 20.0 Å². The number of hydrogen-bond acceptors (Lipinski definition) is 7. The molecule has 1 N–H and O–H groups in total. The van der Waals surface area contributed by atoms with Crippen LogP contribution in [0, 0.1) is 0 Å². The summed E-state index contributed by atoms with van der Waals surface area (Å²) >= 11 is 0. The van der Waals surface area contributed by atoms with Crippen LogP contribution in [0.2, 0.25) is 0 Å². The van der Waals surface area contributed by atoms with E-state index in [4.69, 9.17) is 4.74 Å². The fourth-order valence-electron chi connectivity index (χ4n) is 1.85. The van der Waals surface area contributed by atoms with Gasteiger partial charge in [0.25, 0.3) is 0 Å². The van der Waals surface area contributed by atoms with E-state index < -0.39 is 0 Å². The van der Waals surface area contributed by atoms with Crippen LogP contribution in [0.5, 0.6) is 5.75 Å². The van der Waals surface area contributed by atoms with Crippen molar-refractivity contribution in [1.82, 2.24) is 9.97 Å². The molecule has 0 unspecified atom stereocenters. The maximum Gasteiger partial charge on any atom is 0.228 e. The van der Waals surface area contributed by atoms with Crippen LogP contribution in [0.1, 0.15) is 5.56 Å². The number of nitrogens with zero attached hydrogens (tertiary/aromatic N) is 5. The Bertz CT molecular complexity index is 658. The molecule has 7 heteroatoms. The zero-order chi connectivity index (χ0) is 16.8. The van der Waals surface area contributed by atoms with Crippen LogP contribution in [0.3, 0.4) is 0 Å². The predicted octanol–water partition coefficient (Wildman–Crippen LogP) is 2.06.